The van der Waals surface area contributed by atoms with E-state index in [-0.39, 0.29) is 15.8 Å². The van der Waals surface area contributed by atoms with Gasteiger partial charge in [-0.1, -0.05) is 37.1 Å². The molecule has 3 aromatic carbocycles. The van der Waals surface area contributed by atoms with Crippen LogP contribution in [0.15, 0.2) is 70.5 Å². The fourth-order valence-corrected chi connectivity index (χ4v) is 11.1. The smallest absolute Gasteiger partial charge is 0.243 e. The topological polar surface area (TPSA) is 114 Å². The molecule has 7 rings (SSSR count). The Hall–Kier alpha value is -3.62. The summed E-state index contributed by atoms with van der Waals surface area (Å²) in [6.07, 6.45) is 5.66. The second-order valence-electron chi connectivity index (χ2n) is 14.2. The van der Waals surface area contributed by atoms with Gasteiger partial charge < -0.3 is 9.13 Å². The molecule has 278 valence electrons. The van der Waals surface area contributed by atoms with E-state index in [1.165, 1.54) is 11.1 Å². The molecule has 11 nitrogen and oxygen atoms in total. The third-order valence-electron chi connectivity index (χ3n) is 11.0. The van der Waals surface area contributed by atoms with E-state index < -0.39 is 20.0 Å². The van der Waals surface area contributed by atoms with E-state index in [1.807, 2.05) is 18.2 Å². The van der Waals surface area contributed by atoms with E-state index in [0.717, 1.165) is 61.2 Å². The van der Waals surface area contributed by atoms with Crippen LogP contribution in [-0.2, 0) is 46.2 Å². The van der Waals surface area contributed by atoms with Gasteiger partial charge in [-0.05, 0) is 101 Å². The summed E-state index contributed by atoms with van der Waals surface area (Å²) in [6.45, 7) is 13.1. The highest BCUT2D eigenvalue weighted by Crippen LogP contribution is 2.31. The number of piperidine rings is 2. The molecule has 0 aliphatic carbocycles. The number of rotatable bonds is 12. The number of hydrogen-bond acceptors (Lipinski definition) is 7. The van der Waals surface area contributed by atoms with Gasteiger partial charge in [0, 0.05) is 45.3 Å². The van der Waals surface area contributed by atoms with E-state index in [4.69, 9.17) is 9.97 Å². The molecule has 1 atom stereocenters. The Kier molecular flexibility index (Phi) is 10.6. The monoisotopic (exact) mass is 745 g/mol. The van der Waals surface area contributed by atoms with Crippen LogP contribution in [0.3, 0.4) is 0 Å². The third-order valence-corrected chi connectivity index (χ3v) is 14.8. The number of aromatic nitrogens is 4. The second kappa shape index (κ2) is 15.0. The van der Waals surface area contributed by atoms with Gasteiger partial charge in [0.1, 0.15) is 11.6 Å². The van der Waals surface area contributed by atoms with Crippen molar-refractivity contribution < 1.29 is 16.8 Å². The van der Waals surface area contributed by atoms with Crippen molar-refractivity contribution in [3.63, 3.8) is 0 Å². The predicted molar refractivity (Wildman–Crippen MR) is 205 cm³/mol. The maximum Gasteiger partial charge on any atom is 0.243 e. The lowest BCUT2D eigenvalue weighted by atomic mass is 10.0. The fourth-order valence-electron chi connectivity index (χ4n) is 8.04. The summed E-state index contributed by atoms with van der Waals surface area (Å²) in [7, 11) is -7.20. The minimum absolute atomic E-state index is 0.0125. The van der Waals surface area contributed by atoms with Crippen molar-refractivity contribution in [1.29, 1.82) is 0 Å². The number of nitrogens with zero attached hydrogens (tertiary/aromatic N) is 7. The minimum Gasteiger partial charge on any atom is -0.327 e. The molecule has 2 fully saturated rings. The Bertz CT molecular complexity index is 2150. The lowest BCUT2D eigenvalue weighted by molar-refractivity contribution is 0.177. The molecule has 0 amide bonds. The Balaban J connectivity index is 1.26. The second-order valence-corrected chi connectivity index (χ2v) is 18.1. The Labute approximate surface area is 308 Å². The number of benzene rings is 3. The highest BCUT2D eigenvalue weighted by molar-refractivity contribution is 7.89. The Morgan fingerprint density at radius 1 is 0.654 bits per heavy atom. The lowest BCUT2D eigenvalue weighted by Crippen LogP contribution is -2.35. The molecule has 13 heteroatoms. The van der Waals surface area contributed by atoms with Crippen LogP contribution in [0.4, 0.5) is 0 Å². The van der Waals surface area contributed by atoms with E-state index in [9.17, 15) is 16.8 Å². The lowest BCUT2D eigenvalue weighted by Gasteiger charge is -2.30. The van der Waals surface area contributed by atoms with Gasteiger partial charge in [-0.2, -0.15) is 8.61 Å². The van der Waals surface area contributed by atoms with Crippen molar-refractivity contribution in [3.8, 4) is 0 Å². The molecular weight excluding hydrogens is 695 g/mol. The molecule has 2 aliphatic rings. The maximum absolute atomic E-state index is 13.6. The summed E-state index contributed by atoms with van der Waals surface area (Å²) in [4.78, 5) is 13.1. The third kappa shape index (κ3) is 6.93. The molecular formula is C39H51N7O4S2. The average molecular weight is 746 g/mol. The van der Waals surface area contributed by atoms with Gasteiger partial charge in [0.25, 0.3) is 0 Å². The van der Waals surface area contributed by atoms with Gasteiger partial charge in [-0.25, -0.2) is 26.8 Å². The highest BCUT2D eigenvalue weighted by atomic mass is 32.2. The SMILES string of the molecule is CCn1c(CN(Cc2nc3cc(S(=O)(=O)N4CCCCC4)ccc3n2CC)C(C)c2ccccc2C)nc2cc(S(=O)(=O)N3CCCCC3)ccc21. The number of aryl methyl sites for hydroxylation is 3. The van der Waals surface area contributed by atoms with Crippen LogP contribution in [0.5, 0.6) is 0 Å². The molecule has 1 unspecified atom stereocenters. The molecule has 2 aromatic heterocycles. The quantitative estimate of drug-likeness (QED) is 0.137. The first kappa shape index (κ1) is 36.7. The number of fused-ring (bicyclic) bond motifs is 2. The van der Waals surface area contributed by atoms with Gasteiger partial charge in [-0.3, -0.25) is 4.90 Å². The first-order valence-corrected chi connectivity index (χ1v) is 21.7. The summed E-state index contributed by atoms with van der Waals surface area (Å²) < 4.78 is 61.9. The fraction of sp³-hybridized carbons (Fsp3) is 0.487. The summed E-state index contributed by atoms with van der Waals surface area (Å²) in [5.41, 5.74) is 5.53. The molecule has 0 bridgehead atoms. The van der Waals surface area contributed by atoms with Crippen LogP contribution in [0.2, 0.25) is 0 Å². The maximum atomic E-state index is 13.6. The van der Waals surface area contributed by atoms with Gasteiger partial charge in [0.05, 0.1) is 44.9 Å². The first-order valence-electron chi connectivity index (χ1n) is 18.8. The zero-order valence-electron chi connectivity index (χ0n) is 30.8. The number of sulfonamides is 2. The van der Waals surface area contributed by atoms with Crippen molar-refractivity contribution in [1.82, 2.24) is 32.6 Å². The van der Waals surface area contributed by atoms with Crippen LogP contribution >= 0.6 is 0 Å². The molecule has 4 heterocycles. The van der Waals surface area contributed by atoms with E-state index in [2.05, 4.69) is 59.9 Å². The summed E-state index contributed by atoms with van der Waals surface area (Å²) >= 11 is 0. The van der Waals surface area contributed by atoms with Crippen molar-refractivity contribution in [2.75, 3.05) is 26.2 Å². The van der Waals surface area contributed by atoms with Crippen LogP contribution in [0.1, 0.15) is 88.1 Å². The molecule has 0 saturated carbocycles. The van der Waals surface area contributed by atoms with Gasteiger partial charge in [0.15, 0.2) is 0 Å². The minimum atomic E-state index is -3.60. The first-order chi connectivity index (χ1) is 25.0. The molecule has 0 N–H and O–H groups in total. The van der Waals surface area contributed by atoms with Gasteiger partial charge >= 0.3 is 0 Å². The molecule has 2 aliphatic heterocycles. The van der Waals surface area contributed by atoms with Gasteiger partial charge in [-0.15, -0.1) is 0 Å². The van der Waals surface area contributed by atoms with E-state index >= 15 is 0 Å². The van der Waals surface area contributed by atoms with Crippen molar-refractivity contribution in [2.45, 2.75) is 108 Å². The molecule has 0 spiro atoms. The van der Waals surface area contributed by atoms with Crippen molar-refractivity contribution >= 4 is 42.1 Å². The average Bonchev–Trinajstić information content (AvgIpc) is 3.70. The molecule has 0 radical (unpaired) electrons. The largest absolute Gasteiger partial charge is 0.327 e. The Morgan fingerprint density at radius 2 is 1.10 bits per heavy atom. The van der Waals surface area contributed by atoms with Crippen LogP contribution in [0.25, 0.3) is 22.1 Å². The Morgan fingerprint density at radius 3 is 1.52 bits per heavy atom. The predicted octanol–water partition coefficient (Wildman–Crippen LogP) is 6.85. The van der Waals surface area contributed by atoms with Crippen molar-refractivity contribution in [2.24, 2.45) is 0 Å². The molecule has 5 aromatic rings. The number of hydrogen-bond donors (Lipinski definition) is 0. The van der Waals surface area contributed by atoms with E-state index in [1.54, 1.807) is 32.9 Å². The molecule has 2 saturated heterocycles. The van der Waals surface area contributed by atoms with Crippen LogP contribution < -0.4 is 0 Å². The highest BCUT2D eigenvalue weighted by Gasteiger charge is 2.29. The zero-order chi connectivity index (χ0) is 36.6. The zero-order valence-corrected chi connectivity index (χ0v) is 32.5. The van der Waals surface area contributed by atoms with Crippen molar-refractivity contribution in [3.05, 3.63) is 83.4 Å². The summed E-state index contributed by atoms with van der Waals surface area (Å²) in [5.74, 6) is 1.69. The number of imidazole rings is 2. The molecule has 52 heavy (non-hydrogen) atoms. The van der Waals surface area contributed by atoms with E-state index in [0.29, 0.717) is 63.4 Å². The standard InChI is InChI=1S/C39H51N7O4S2/c1-5-45-36-19-17-31(51(47,48)43-21-11-7-12-22-43)25-34(36)40-38(45)27-42(30(4)33-16-10-9-15-29(33)3)28-39-41-35-26-32(18-20-37(35)46(39)6-2)52(49,50)44-23-13-8-14-24-44/h9-10,15-20,25-26,30H,5-8,11-14,21-24,27-28H2,1-4H3. The van der Waals surface area contributed by atoms with Gasteiger partial charge in [0.2, 0.25) is 20.0 Å². The summed E-state index contributed by atoms with van der Waals surface area (Å²) in [5, 5.41) is 0. The summed E-state index contributed by atoms with van der Waals surface area (Å²) in [6, 6.07) is 19.1. The van der Waals surface area contributed by atoms with Crippen LogP contribution in [-0.4, -0.2) is 75.6 Å². The normalized spacial score (nSPS) is 17.4. The van der Waals surface area contributed by atoms with Crippen LogP contribution in [0, 0.1) is 6.92 Å².